The average Bonchev–Trinajstić information content (AvgIpc) is 3.15. The number of aromatic amines is 1. The quantitative estimate of drug-likeness (QED) is 0.640. The first-order valence-corrected chi connectivity index (χ1v) is 10.7. The van der Waals surface area contributed by atoms with Crippen molar-refractivity contribution in [2.75, 3.05) is 20.8 Å². The highest BCUT2D eigenvalue weighted by Gasteiger charge is 2.31. The molecule has 30 heavy (non-hydrogen) atoms. The highest BCUT2D eigenvalue weighted by molar-refractivity contribution is 7.89. The molecular formula is C21H20N2O6S. The van der Waals surface area contributed by atoms with E-state index >= 15 is 0 Å². The van der Waals surface area contributed by atoms with Crippen LogP contribution < -0.4 is 0 Å². The molecule has 0 aliphatic carbocycles. The maximum absolute atomic E-state index is 13.4. The van der Waals surface area contributed by atoms with E-state index in [1.165, 1.54) is 36.7 Å². The van der Waals surface area contributed by atoms with Crippen molar-refractivity contribution < 1.29 is 27.5 Å². The van der Waals surface area contributed by atoms with Gasteiger partial charge in [-0.15, -0.1) is 0 Å². The van der Waals surface area contributed by atoms with Crippen molar-refractivity contribution in [3.63, 3.8) is 0 Å². The summed E-state index contributed by atoms with van der Waals surface area (Å²) in [4.78, 5) is 27.2. The van der Waals surface area contributed by atoms with E-state index in [0.29, 0.717) is 6.42 Å². The number of rotatable bonds is 4. The van der Waals surface area contributed by atoms with Crippen molar-refractivity contribution in [3.05, 3.63) is 64.8 Å². The highest BCUT2D eigenvalue weighted by atomic mass is 32.2. The third-order valence-corrected chi connectivity index (χ3v) is 7.06. The molecule has 1 N–H and O–H groups in total. The average molecular weight is 428 g/mol. The molecule has 1 aliphatic heterocycles. The van der Waals surface area contributed by atoms with Gasteiger partial charge in [-0.1, -0.05) is 18.2 Å². The summed E-state index contributed by atoms with van der Waals surface area (Å²) in [7, 11) is -1.61. The van der Waals surface area contributed by atoms with Crippen LogP contribution in [0.3, 0.4) is 0 Å². The number of hydrogen-bond donors (Lipinski definition) is 1. The molecule has 0 unspecified atom stereocenters. The predicted molar refractivity (Wildman–Crippen MR) is 109 cm³/mol. The second-order valence-electron chi connectivity index (χ2n) is 6.95. The Balaban J connectivity index is 1.76. The standard InChI is InChI=1S/C21H20N2O6S/c1-28-20(24)13-9-14(21(25)29-2)11-15(10-13)30(26,27)23-8-7-19-17(12-23)16-5-3-4-6-18(16)22-19/h3-6,9-11,22H,7-8,12H2,1-2H3. The summed E-state index contributed by atoms with van der Waals surface area (Å²) < 4.78 is 37.5. The van der Waals surface area contributed by atoms with Gasteiger partial charge in [0.1, 0.15) is 0 Å². The second kappa shape index (κ2) is 7.58. The lowest BCUT2D eigenvalue weighted by molar-refractivity contribution is 0.0598. The summed E-state index contributed by atoms with van der Waals surface area (Å²) >= 11 is 0. The number of nitrogens with zero attached hydrogens (tertiary/aromatic N) is 1. The van der Waals surface area contributed by atoms with Gasteiger partial charge in [0.15, 0.2) is 0 Å². The van der Waals surface area contributed by atoms with Crippen molar-refractivity contribution >= 4 is 32.9 Å². The Kier molecular flexibility index (Phi) is 5.08. The minimum absolute atomic E-state index is 0.0382. The van der Waals surface area contributed by atoms with Gasteiger partial charge in [-0.25, -0.2) is 18.0 Å². The summed E-state index contributed by atoms with van der Waals surface area (Å²) in [6.45, 7) is 0.468. The van der Waals surface area contributed by atoms with Crippen LogP contribution in [-0.2, 0) is 32.5 Å². The number of esters is 2. The molecule has 0 saturated heterocycles. The third kappa shape index (κ3) is 3.35. The van der Waals surface area contributed by atoms with Gasteiger partial charge in [0.2, 0.25) is 10.0 Å². The molecule has 9 heteroatoms. The number of sulfonamides is 1. The zero-order valence-corrected chi connectivity index (χ0v) is 17.3. The molecule has 0 saturated carbocycles. The number of nitrogens with one attached hydrogen (secondary N) is 1. The second-order valence-corrected chi connectivity index (χ2v) is 8.88. The number of benzene rings is 2. The summed E-state index contributed by atoms with van der Waals surface area (Å²) in [5.41, 5.74) is 2.83. The van der Waals surface area contributed by atoms with Crippen LogP contribution in [0.1, 0.15) is 32.0 Å². The highest BCUT2D eigenvalue weighted by Crippen LogP contribution is 2.31. The van der Waals surface area contributed by atoms with Crippen LogP contribution in [0.2, 0.25) is 0 Å². The van der Waals surface area contributed by atoms with E-state index in [2.05, 4.69) is 4.98 Å². The molecule has 0 spiro atoms. The summed E-state index contributed by atoms with van der Waals surface area (Å²) in [5.74, 6) is -1.48. The first-order chi connectivity index (χ1) is 14.3. The van der Waals surface area contributed by atoms with Gasteiger partial charge in [0, 0.05) is 36.1 Å². The van der Waals surface area contributed by atoms with E-state index in [0.717, 1.165) is 22.2 Å². The molecule has 0 atom stereocenters. The Morgan fingerprint density at radius 1 is 1.00 bits per heavy atom. The molecule has 0 fully saturated rings. The Labute approximate surface area is 173 Å². The molecular weight excluding hydrogens is 408 g/mol. The van der Waals surface area contributed by atoms with Crippen molar-refractivity contribution in [2.45, 2.75) is 17.9 Å². The summed E-state index contributed by atoms with van der Waals surface area (Å²) in [6.07, 6.45) is 0.532. The minimum atomic E-state index is -3.98. The number of carbonyl (C=O) groups is 2. The van der Waals surface area contributed by atoms with E-state index in [9.17, 15) is 18.0 Å². The number of ether oxygens (including phenoxy) is 2. The lowest BCUT2D eigenvalue weighted by atomic mass is 10.1. The minimum Gasteiger partial charge on any atom is -0.465 e. The number of para-hydroxylation sites is 1. The fraction of sp³-hybridized carbons (Fsp3) is 0.238. The fourth-order valence-corrected chi connectivity index (χ4v) is 5.20. The maximum Gasteiger partial charge on any atom is 0.337 e. The van der Waals surface area contributed by atoms with E-state index in [1.54, 1.807) is 0 Å². The number of hydrogen-bond acceptors (Lipinski definition) is 6. The van der Waals surface area contributed by atoms with Gasteiger partial charge < -0.3 is 14.5 Å². The molecule has 1 aromatic heterocycles. The Hall–Kier alpha value is -3.17. The van der Waals surface area contributed by atoms with E-state index < -0.39 is 22.0 Å². The number of carbonyl (C=O) groups excluding carboxylic acids is 2. The van der Waals surface area contributed by atoms with E-state index in [4.69, 9.17) is 9.47 Å². The van der Waals surface area contributed by atoms with Gasteiger partial charge in [0.05, 0.1) is 30.2 Å². The fourth-order valence-electron chi connectivity index (χ4n) is 3.72. The maximum atomic E-state index is 13.4. The van der Waals surface area contributed by atoms with Gasteiger partial charge in [-0.2, -0.15) is 4.31 Å². The third-order valence-electron chi connectivity index (χ3n) is 5.23. The molecule has 2 aromatic carbocycles. The van der Waals surface area contributed by atoms with Crippen molar-refractivity contribution in [1.82, 2.24) is 9.29 Å². The van der Waals surface area contributed by atoms with Crippen molar-refractivity contribution in [2.24, 2.45) is 0 Å². The number of aromatic nitrogens is 1. The molecule has 1 aliphatic rings. The normalized spacial score (nSPS) is 14.3. The first kappa shape index (κ1) is 20.1. The molecule has 0 radical (unpaired) electrons. The van der Waals surface area contributed by atoms with Crippen LogP contribution in [0.25, 0.3) is 10.9 Å². The predicted octanol–water partition coefficient (Wildman–Crippen LogP) is 2.49. The Morgan fingerprint density at radius 2 is 1.63 bits per heavy atom. The molecule has 8 nitrogen and oxygen atoms in total. The van der Waals surface area contributed by atoms with E-state index in [-0.39, 0.29) is 29.1 Å². The van der Waals surface area contributed by atoms with Crippen LogP contribution >= 0.6 is 0 Å². The van der Waals surface area contributed by atoms with Crippen molar-refractivity contribution in [1.29, 1.82) is 0 Å². The molecule has 3 aromatic rings. The summed E-state index contributed by atoms with van der Waals surface area (Å²) in [6, 6.07) is 11.4. The Bertz CT molecular complexity index is 1230. The Morgan fingerprint density at radius 3 is 2.27 bits per heavy atom. The zero-order chi connectivity index (χ0) is 21.5. The van der Waals surface area contributed by atoms with Crippen LogP contribution in [0.4, 0.5) is 0 Å². The molecule has 0 amide bonds. The molecule has 156 valence electrons. The number of fused-ring (bicyclic) bond motifs is 3. The lowest BCUT2D eigenvalue weighted by Gasteiger charge is -2.26. The van der Waals surface area contributed by atoms with Gasteiger partial charge in [-0.3, -0.25) is 0 Å². The molecule has 0 bridgehead atoms. The largest absolute Gasteiger partial charge is 0.465 e. The van der Waals surface area contributed by atoms with Crippen LogP contribution in [0.5, 0.6) is 0 Å². The van der Waals surface area contributed by atoms with Crippen LogP contribution in [0, 0.1) is 0 Å². The smallest absolute Gasteiger partial charge is 0.337 e. The monoisotopic (exact) mass is 428 g/mol. The van der Waals surface area contributed by atoms with Crippen LogP contribution in [0.15, 0.2) is 47.4 Å². The molecule has 2 heterocycles. The van der Waals surface area contributed by atoms with Gasteiger partial charge in [-0.05, 0) is 29.8 Å². The van der Waals surface area contributed by atoms with Crippen LogP contribution in [-0.4, -0.2) is 50.4 Å². The first-order valence-electron chi connectivity index (χ1n) is 9.25. The topological polar surface area (TPSA) is 106 Å². The van der Waals surface area contributed by atoms with Gasteiger partial charge in [0.25, 0.3) is 0 Å². The number of methoxy groups -OCH3 is 2. The van der Waals surface area contributed by atoms with E-state index in [1.807, 2.05) is 24.3 Å². The summed E-state index contributed by atoms with van der Waals surface area (Å²) in [5, 5.41) is 0.978. The SMILES string of the molecule is COC(=O)c1cc(C(=O)OC)cc(S(=O)(=O)N2CCc3[nH]c4ccccc4c3C2)c1. The lowest BCUT2D eigenvalue weighted by Crippen LogP contribution is -2.36. The number of H-pyrrole nitrogens is 1. The molecule has 4 rings (SSSR count). The van der Waals surface area contributed by atoms with Gasteiger partial charge >= 0.3 is 11.9 Å². The van der Waals surface area contributed by atoms with Crippen molar-refractivity contribution in [3.8, 4) is 0 Å². The zero-order valence-electron chi connectivity index (χ0n) is 16.5.